The van der Waals surface area contributed by atoms with Crippen molar-refractivity contribution in [3.8, 4) is 0 Å². The van der Waals surface area contributed by atoms with Gasteiger partial charge in [0.15, 0.2) is 0 Å². The van der Waals surface area contributed by atoms with E-state index in [2.05, 4.69) is 21.3 Å². The fourth-order valence-corrected chi connectivity index (χ4v) is 1.65. The van der Waals surface area contributed by atoms with Crippen molar-refractivity contribution in [1.29, 1.82) is 0 Å². The Labute approximate surface area is 206 Å². The number of carbonyl (C=O) groups excluding carboxylic acids is 1. The van der Waals surface area contributed by atoms with Crippen LogP contribution in [0.1, 0.15) is 20.8 Å². The SMILES string of the molecule is CC(C)(C)OC(=O)N[C@@H](CO)CNCCN.CN[C@@H](CO)CNCCN.Cl.Cl.Cl.Cl. The number of hydrogen-bond acceptors (Lipinski definition) is 9. The molecular weight excluding hydrogens is 482 g/mol. The molecule has 0 saturated heterocycles. The number of halogens is 4. The largest absolute Gasteiger partial charge is 0.444 e. The van der Waals surface area contributed by atoms with E-state index in [0.29, 0.717) is 26.2 Å². The van der Waals surface area contributed by atoms with E-state index in [-0.39, 0.29) is 74.9 Å². The molecule has 0 bridgehead atoms. The van der Waals surface area contributed by atoms with Gasteiger partial charge in [-0.05, 0) is 27.8 Å². The molecule has 0 fully saturated rings. The fourth-order valence-electron chi connectivity index (χ4n) is 1.65. The number of rotatable bonds is 12. The van der Waals surface area contributed by atoms with Crippen LogP contribution in [0.4, 0.5) is 4.79 Å². The van der Waals surface area contributed by atoms with E-state index in [1.54, 1.807) is 20.8 Å². The molecular formula is C16H44Cl4N6O4. The molecule has 0 unspecified atom stereocenters. The van der Waals surface area contributed by atoms with Gasteiger partial charge in [0.25, 0.3) is 0 Å². The van der Waals surface area contributed by atoms with Crippen molar-refractivity contribution in [2.24, 2.45) is 11.5 Å². The summed E-state index contributed by atoms with van der Waals surface area (Å²) in [6.45, 7) is 9.22. The molecule has 190 valence electrons. The number of nitrogens with one attached hydrogen (secondary N) is 4. The van der Waals surface area contributed by atoms with Crippen molar-refractivity contribution in [2.45, 2.75) is 38.5 Å². The Kier molecular flexibility index (Phi) is 42.7. The summed E-state index contributed by atoms with van der Waals surface area (Å²) in [7, 11) is 1.82. The Morgan fingerprint density at radius 3 is 1.60 bits per heavy atom. The number of alkyl carbamates (subject to hydrolysis) is 1. The van der Waals surface area contributed by atoms with Crippen LogP contribution in [0, 0.1) is 0 Å². The Balaban J connectivity index is -0.0000000913. The summed E-state index contributed by atoms with van der Waals surface area (Å²) in [5.41, 5.74) is 10.0. The minimum Gasteiger partial charge on any atom is -0.444 e. The van der Waals surface area contributed by atoms with E-state index in [9.17, 15) is 4.79 Å². The molecule has 14 heteroatoms. The van der Waals surface area contributed by atoms with Crippen molar-refractivity contribution in [3.05, 3.63) is 0 Å². The number of carbonyl (C=O) groups is 1. The maximum absolute atomic E-state index is 11.4. The first-order valence-corrected chi connectivity index (χ1v) is 8.94. The van der Waals surface area contributed by atoms with E-state index in [4.69, 9.17) is 26.4 Å². The van der Waals surface area contributed by atoms with E-state index < -0.39 is 11.7 Å². The molecule has 10 N–H and O–H groups in total. The van der Waals surface area contributed by atoms with Crippen molar-refractivity contribution < 1.29 is 19.7 Å². The molecule has 1 amide bonds. The van der Waals surface area contributed by atoms with Crippen molar-refractivity contribution in [2.75, 3.05) is 59.5 Å². The van der Waals surface area contributed by atoms with Crippen LogP contribution in [0.25, 0.3) is 0 Å². The molecule has 0 heterocycles. The van der Waals surface area contributed by atoms with Gasteiger partial charge in [0.2, 0.25) is 0 Å². The molecule has 0 saturated carbocycles. The number of amides is 1. The molecule has 0 aliphatic rings. The van der Waals surface area contributed by atoms with Gasteiger partial charge >= 0.3 is 6.09 Å². The Morgan fingerprint density at radius 1 is 0.900 bits per heavy atom. The normalized spacial score (nSPS) is 11.6. The number of ether oxygens (including phenoxy) is 1. The van der Waals surface area contributed by atoms with Gasteiger partial charge in [-0.3, -0.25) is 0 Å². The maximum atomic E-state index is 11.4. The maximum Gasteiger partial charge on any atom is 0.407 e. The molecule has 30 heavy (non-hydrogen) atoms. The van der Waals surface area contributed by atoms with Crippen LogP contribution >= 0.6 is 49.6 Å². The Hall–Kier alpha value is 0.150. The highest BCUT2D eigenvalue weighted by Crippen LogP contribution is 2.06. The molecule has 0 radical (unpaired) electrons. The van der Waals surface area contributed by atoms with Gasteiger partial charge < -0.3 is 47.7 Å². The average Bonchev–Trinajstić information content (AvgIpc) is 2.57. The predicted octanol–water partition coefficient (Wildman–Crippen LogP) is -0.777. The van der Waals surface area contributed by atoms with Crippen LogP contribution in [0.3, 0.4) is 0 Å². The zero-order valence-corrected chi connectivity index (χ0v) is 21.6. The quantitative estimate of drug-likeness (QED) is 0.152. The molecule has 0 aromatic carbocycles. The molecule has 0 spiro atoms. The van der Waals surface area contributed by atoms with Crippen LogP contribution in [-0.4, -0.2) is 93.5 Å². The van der Waals surface area contributed by atoms with Gasteiger partial charge in [-0.2, -0.15) is 0 Å². The third-order valence-electron chi connectivity index (χ3n) is 2.99. The first kappa shape index (κ1) is 43.9. The lowest BCUT2D eigenvalue weighted by molar-refractivity contribution is 0.0482. The van der Waals surface area contributed by atoms with E-state index in [1.165, 1.54) is 0 Å². The lowest BCUT2D eigenvalue weighted by atomic mass is 10.2. The predicted molar refractivity (Wildman–Crippen MR) is 133 cm³/mol. The van der Waals surface area contributed by atoms with Gasteiger partial charge in [-0.15, -0.1) is 49.6 Å². The average molecular weight is 526 g/mol. The summed E-state index contributed by atoms with van der Waals surface area (Å²) in [5, 5.41) is 29.3. The summed E-state index contributed by atoms with van der Waals surface area (Å²) in [6, 6.07) is -0.215. The van der Waals surface area contributed by atoms with Crippen LogP contribution in [0.5, 0.6) is 0 Å². The van der Waals surface area contributed by atoms with Gasteiger partial charge in [0.1, 0.15) is 5.60 Å². The standard InChI is InChI=1S/C10H23N3O3.C6H17N3O.4ClH/c1-10(2,3)16-9(15)13-8(7-14)6-12-5-4-11;1-8-6(5-10)4-9-3-2-7;;;;/h8,12,14H,4-7,11H2,1-3H3,(H,13,15);6,8-10H,2-5,7H2,1H3;4*1H/t8-;6-;;;;/m11..../s1. The molecule has 0 aromatic rings. The zero-order valence-electron chi connectivity index (χ0n) is 18.3. The van der Waals surface area contributed by atoms with E-state index in [0.717, 1.165) is 13.1 Å². The highest BCUT2D eigenvalue weighted by Gasteiger charge is 2.18. The van der Waals surface area contributed by atoms with Crippen LogP contribution in [0.15, 0.2) is 0 Å². The number of nitrogens with two attached hydrogens (primary N) is 2. The highest BCUT2D eigenvalue weighted by atomic mass is 35.5. The van der Waals surface area contributed by atoms with Crippen molar-refractivity contribution in [1.82, 2.24) is 21.3 Å². The third-order valence-corrected chi connectivity index (χ3v) is 2.99. The molecule has 0 aliphatic carbocycles. The topological polar surface area (TPSA) is 167 Å². The second-order valence-corrected chi connectivity index (χ2v) is 6.68. The third kappa shape index (κ3) is 32.8. The highest BCUT2D eigenvalue weighted by molar-refractivity contribution is 5.86. The lowest BCUT2D eigenvalue weighted by Crippen LogP contribution is -2.46. The van der Waals surface area contributed by atoms with Crippen LogP contribution < -0.4 is 32.7 Å². The summed E-state index contributed by atoms with van der Waals surface area (Å²) in [4.78, 5) is 11.4. The van der Waals surface area contributed by atoms with Crippen molar-refractivity contribution in [3.63, 3.8) is 0 Å². The first-order chi connectivity index (χ1) is 12.2. The zero-order chi connectivity index (χ0) is 20.4. The molecule has 2 atom stereocenters. The lowest BCUT2D eigenvalue weighted by Gasteiger charge is -2.22. The van der Waals surface area contributed by atoms with Gasteiger partial charge in [-0.25, -0.2) is 4.79 Å². The van der Waals surface area contributed by atoms with E-state index in [1.807, 2.05) is 7.05 Å². The number of aliphatic hydroxyl groups excluding tert-OH is 2. The Bertz CT molecular complexity index is 341. The molecule has 10 nitrogen and oxygen atoms in total. The molecule has 0 rings (SSSR count). The van der Waals surface area contributed by atoms with E-state index >= 15 is 0 Å². The summed E-state index contributed by atoms with van der Waals surface area (Å²) in [6.07, 6.45) is -0.527. The monoisotopic (exact) mass is 524 g/mol. The number of likely N-dealkylation sites (N-methyl/N-ethyl adjacent to an activating group) is 1. The minimum atomic E-state index is -0.533. The smallest absolute Gasteiger partial charge is 0.407 e. The first-order valence-electron chi connectivity index (χ1n) is 8.94. The number of hydrogen-bond donors (Lipinski definition) is 8. The van der Waals surface area contributed by atoms with Crippen LogP contribution in [-0.2, 0) is 4.74 Å². The second-order valence-electron chi connectivity index (χ2n) is 6.68. The summed E-state index contributed by atoms with van der Waals surface area (Å²) >= 11 is 0. The van der Waals surface area contributed by atoms with Gasteiger partial charge in [0.05, 0.1) is 19.3 Å². The molecule has 0 aliphatic heterocycles. The van der Waals surface area contributed by atoms with Crippen LogP contribution in [0.2, 0.25) is 0 Å². The molecule has 0 aromatic heterocycles. The number of aliphatic hydroxyl groups is 2. The summed E-state index contributed by atoms with van der Waals surface area (Å²) < 4.78 is 5.06. The summed E-state index contributed by atoms with van der Waals surface area (Å²) in [5.74, 6) is 0. The van der Waals surface area contributed by atoms with Gasteiger partial charge in [-0.1, -0.05) is 0 Å². The van der Waals surface area contributed by atoms with Gasteiger partial charge in [0, 0.05) is 45.3 Å². The Morgan fingerprint density at radius 2 is 1.30 bits per heavy atom. The van der Waals surface area contributed by atoms with Crippen molar-refractivity contribution >= 4 is 55.7 Å². The fraction of sp³-hybridized carbons (Fsp3) is 0.938. The minimum absolute atomic E-state index is 0. The second kappa shape index (κ2) is 29.1.